The van der Waals surface area contributed by atoms with Gasteiger partial charge in [0.1, 0.15) is 17.6 Å². The van der Waals surface area contributed by atoms with Gasteiger partial charge >= 0.3 is 5.91 Å². The number of benzene rings is 3. The second kappa shape index (κ2) is 8.22. The summed E-state index contributed by atoms with van der Waals surface area (Å²) >= 11 is 7.42. The van der Waals surface area contributed by atoms with E-state index in [4.69, 9.17) is 16.3 Å². The molecule has 3 aromatic carbocycles. The minimum atomic E-state index is -0.823. The minimum absolute atomic E-state index is 0.0328. The van der Waals surface area contributed by atoms with Crippen molar-refractivity contribution in [3.05, 3.63) is 94.0 Å². The van der Waals surface area contributed by atoms with Crippen molar-refractivity contribution in [1.29, 1.82) is 0 Å². The Morgan fingerprint density at radius 3 is 2.71 bits per heavy atom. The molecule has 6 rings (SSSR count). The van der Waals surface area contributed by atoms with Gasteiger partial charge in [0.2, 0.25) is 0 Å². The molecule has 3 heterocycles. The molecule has 8 heteroatoms. The van der Waals surface area contributed by atoms with E-state index in [2.05, 4.69) is 4.98 Å². The van der Waals surface area contributed by atoms with Gasteiger partial charge in [-0.2, -0.15) is 0 Å². The summed E-state index contributed by atoms with van der Waals surface area (Å²) in [5.74, 6) is -0.934. The number of fused-ring (bicyclic) bond motifs is 2. The average molecular weight is 503 g/mol. The van der Waals surface area contributed by atoms with E-state index < -0.39 is 17.7 Å². The van der Waals surface area contributed by atoms with Crippen LogP contribution in [-0.4, -0.2) is 27.9 Å². The van der Waals surface area contributed by atoms with Gasteiger partial charge in [-0.05, 0) is 54.4 Å². The second-order valence-corrected chi connectivity index (χ2v) is 10.1. The molecule has 0 radical (unpaired) electrons. The number of hydrogen-bond acceptors (Lipinski definition) is 6. The predicted octanol–water partition coefficient (Wildman–Crippen LogP) is 5.90. The van der Waals surface area contributed by atoms with Crippen LogP contribution >= 0.6 is 22.9 Å². The van der Waals surface area contributed by atoms with E-state index in [1.807, 2.05) is 43.3 Å². The summed E-state index contributed by atoms with van der Waals surface area (Å²) in [6, 6.07) is 19.0. The molecular weight excluding hydrogens is 484 g/mol. The first-order chi connectivity index (χ1) is 16.9. The normalized spacial score (nSPS) is 20.9. The number of anilines is 1. The van der Waals surface area contributed by atoms with Crippen molar-refractivity contribution >= 4 is 55.7 Å². The number of ether oxygens (including phenoxy) is 1. The van der Waals surface area contributed by atoms with E-state index in [0.717, 1.165) is 16.0 Å². The Morgan fingerprint density at radius 2 is 1.91 bits per heavy atom. The largest absolute Gasteiger partial charge is 0.507 e. The highest BCUT2D eigenvalue weighted by molar-refractivity contribution is 7.22. The van der Waals surface area contributed by atoms with Crippen LogP contribution in [0.3, 0.4) is 0 Å². The van der Waals surface area contributed by atoms with E-state index in [-0.39, 0.29) is 17.4 Å². The smallest absolute Gasteiger partial charge is 0.301 e. The standard InChI is InChI=1S/C27H19ClN2O4S/c1-14-11-17-12-16(7-10-20(17)34-14)24(31)22-23(15-5-3-2-4-6-15)30(26(33)25(22)32)27-29-19-9-8-18(28)13-21(19)35-27/h2-10,12-14,23,31H,11H2,1H3/b24-22-. The van der Waals surface area contributed by atoms with Crippen molar-refractivity contribution in [2.45, 2.75) is 25.5 Å². The highest BCUT2D eigenvalue weighted by Gasteiger charge is 2.48. The predicted molar refractivity (Wildman–Crippen MR) is 136 cm³/mol. The van der Waals surface area contributed by atoms with Gasteiger partial charge in [0.15, 0.2) is 5.13 Å². The lowest BCUT2D eigenvalue weighted by atomic mass is 9.94. The molecule has 6 nitrogen and oxygen atoms in total. The van der Waals surface area contributed by atoms with Crippen molar-refractivity contribution in [2.24, 2.45) is 0 Å². The van der Waals surface area contributed by atoms with Crippen LogP contribution in [0.5, 0.6) is 5.75 Å². The Labute approximate surface area is 210 Å². The topological polar surface area (TPSA) is 79.7 Å². The molecule has 1 fully saturated rings. The molecule has 2 atom stereocenters. The fraction of sp³-hybridized carbons (Fsp3) is 0.148. The number of halogens is 1. The van der Waals surface area contributed by atoms with Crippen LogP contribution in [0.25, 0.3) is 16.0 Å². The molecule has 2 unspecified atom stereocenters. The van der Waals surface area contributed by atoms with E-state index in [0.29, 0.717) is 33.2 Å². The number of Topliss-reactive ketones (excluding diaryl/α,β-unsaturated/α-hetero) is 1. The zero-order valence-corrected chi connectivity index (χ0v) is 20.1. The number of rotatable bonds is 3. The average Bonchev–Trinajstić information content (AvgIpc) is 3.51. The Morgan fingerprint density at radius 1 is 1.11 bits per heavy atom. The number of amides is 1. The van der Waals surface area contributed by atoms with Crippen molar-refractivity contribution in [3.63, 3.8) is 0 Å². The van der Waals surface area contributed by atoms with Gasteiger partial charge in [-0.3, -0.25) is 14.5 Å². The molecule has 0 spiro atoms. The van der Waals surface area contributed by atoms with Gasteiger partial charge in [-0.1, -0.05) is 53.3 Å². The number of nitrogens with zero attached hydrogens (tertiary/aromatic N) is 2. The van der Waals surface area contributed by atoms with E-state index >= 15 is 0 Å². The molecule has 174 valence electrons. The summed E-state index contributed by atoms with van der Waals surface area (Å²) in [7, 11) is 0. The Hall–Kier alpha value is -3.68. The van der Waals surface area contributed by atoms with Gasteiger partial charge in [0, 0.05) is 17.0 Å². The van der Waals surface area contributed by atoms with Gasteiger partial charge < -0.3 is 9.84 Å². The summed E-state index contributed by atoms with van der Waals surface area (Å²) in [5.41, 5.74) is 2.83. The molecule has 0 saturated carbocycles. The molecule has 0 bridgehead atoms. The zero-order valence-electron chi connectivity index (χ0n) is 18.6. The number of ketones is 1. The van der Waals surface area contributed by atoms with Gasteiger partial charge in [0.25, 0.3) is 5.78 Å². The number of hydrogen-bond donors (Lipinski definition) is 1. The summed E-state index contributed by atoms with van der Waals surface area (Å²) in [6.45, 7) is 1.98. The highest BCUT2D eigenvalue weighted by Crippen LogP contribution is 2.45. The lowest BCUT2D eigenvalue weighted by molar-refractivity contribution is -0.132. The first kappa shape index (κ1) is 21.8. The van der Waals surface area contributed by atoms with Crippen LogP contribution in [-0.2, 0) is 16.0 Å². The molecule has 1 saturated heterocycles. The summed E-state index contributed by atoms with van der Waals surface area (Å²) in [4.78, 5) is 32.7. The van der Waals surface area contributed by atoms with Gasteiger partial charge in [-0.15, -0.1) is 0 Å². The number of carbonyl (C=O) groups excluding carboxylic acids is 2. The lowest BCUT2D eigenvalue weighted by Gasteiger charge is -2.23. The third kappa shape index (κ3) is 3.59. The minimum Gasteiger partial charge on any atom is -0.507 e. The Kier molecular flexibility index (Phi) is 5.12. The van der Waals surface area contributed by atoms with Crippen LogP contribution in [0, 0.1) is 0 Å². The van der Waals surface area contributed by atoms with Crippen LogP contribution < -0.4 is 9.64 Å². The van der Waals surface area contributed by atoms with Gasteiger partial charge in [-0.25, -0.2) is 4.98 Å². The van der Waals surface area contributed by atoms with Gasteiger partial charge in [0.05, 0.1) is 21.8 Å². The SMILES string of the molecule is CC1Cc2cc(/C(O)=C3/C(=O)C(=O)N(c4nc5ccc(Cl)cc5s4)C3c3ccccc3)ccc2O1. The van der Waals surface area contributed by atoms with Crippen LogP contribution in [0.1, 0.15) is 29.7 Å². The quantitative estimate of drug-likeness (QED) is 0.214. The third-order valence-electron chi connectivity index (χ3n) is 6.27. The first-order valence-corrected chi connectivity index (χ1v) is 12.3. The van der Waals surface area contributed by atoms with Crippen molar-refractivity contribution in [1.82, 2.24) is 4.98 Å². The van der Waals surface area contributed by atoms with Crippen LogP contribution in [0.15, 0.2) is 72.3 Å². The third-order valence-corrected chi connectivity index (χ3v) is 7.53. The number of aliphatic hydroxyl groups excluding tert-OH is 1. The second-order valence-electron chi connectivity index (χ2n) is 8.64. The number of carbonyl (C=O) groups is 2. The van der Waals surface area contributed by atoms with Crippen LogP contribution in [0.2, 0.25) is 5.02 Å². The van der Waals surface area contributed by atoms with Crippen molar-refractivity contribution in [3.8, 4) is 5.75 Å². The lowest BCUT2D eigenvalue weighted by Crippen LogP contribution is -2.29. The van der Waals surface area contributed by atoms with Crippen molar-refractivity contribution in [2.75, 3.05) is 4.90 Å². The summed E-state index contributed by atoms with van der Waals surface area (Å²) in [6.07, 6.45) is 0.756. The molecular formula is C27H19ClN2O4S. The monoisotopic (exact) mass is 502 g/mol. The first-order valence-electron chi connectivity index (χ1n) is 11.1. The Balaban J connectivity index is 1.53. The number of aliphatic hydroxyl groups is 1. The molecule has 2 aliphatic heterocycles. The van der Waals surface area contributed by atoms with E-state index in [1.165, 1.54) is 16.2 Å². The zero-order chi connectivity index (χ0) is 24.3. The molecule has 1 N–H and O–H groups in total. The Bertz CT molecular complexity index is 1550. The summed E-state index contributed by atoms with van der Waals surface area (Å²) < 4.78 is 6.56. The molecule has 1 amide bonds. The maximum atomic E-state index is 13.4. The number of thiazole rings is 1. The molecule has 4 aromatic rings. The maximum Gasteiger partial charge on any atom is 0.301 e. The number of aromatic nitrogens is 1. The molecule has 0 aliphatic carbocycles. The van der Waals surface area contributed by atoms with E-state index in [1.54, 1.807) is 30.3 Å². The van der Waals surface area contributed by atoms with Crippen molar-refractivity contribution < 1.29 is 19.4 Å². The fourth-order valence-corrected chi connectivity index (χ4v) is 5.96. The molecule has 35 heavy (non-hydrogen) atoms. The fourth-order valence-electron chi connectivity index (χ4n) is 4.69. The van der Waals surface area contributed by atoms with Crippen LogP contribution in [0.4, 0.5) is 5.13 Å². The van der Waals surface area contributed by atoms with E-state index in [9.17, 15) is 14.7 Å². The highest BCUT2D eigenvalue weighted by atomic mass is 35.5. The molecule has 1 aromatic heterocycles. The summed E-state index contributed by atoms with van der Waals surface area (Å²) in [5, 5.41) is 12.3. The molecule has 2 aliphatic rings. The maximum absolute atomic E-state index is 13.4.